The van der Waals surface area contributed by atoms with Gasteiger partial charge in [0.15, 0.2) is 0 Å². The van der Waals surface area contributed by atoms with E-state index in [0.717, 1.165) is 17.0 Å². The Labute approximate surface area is 111 Å². The summed E-state index contributed by atoms with van der Waals surface area (Å²) < 4.78 is 27.1. The van der Waals surface area contributed by atoms with E-state index in [4.69, 9.17) is 0 Å². The minimum atomic E-state index is -0.799. The molecule has 1 heterocycles. The largest absolute Gasteiger partial charge is 0.274 e. The highest BCUT2D eigenvalue weighted by molar-refractivity contribution is 9.10. The van der Waals surface area contributed by atoms with Crippen LogP contribution in [-0.2, 0) is 9.59 Å². The minimum absolute atomic E-state index is 0.0431. The fourth-order valence-corrected chi connectivity index (χ4v) is 2.18. The summed E-state index contributed by atoms with van der Waals surface area (Å²) in [6.45, 7) is 0. The number of anilines is 1. The zero-order chi connectivity index (χ0) is 13.3. The minimum Gasteiger partial charge on any atom is -0.274 e. The van der Waals surface area contributed by atoms with Gasteiger partial charge in [-0.3, -0.25) is 9.59 Å². The third-order valence-corrected chi connectivity index (χ3v) is 3.37. The second kappa shape index (κ2) is 5.14. The SMILES string of the molecule is O=C1CCCCC(=O)N1c1cc(F)c(Br)cc1F. The molecular weight excluding hydrogens is 308 g/mol. The van der Waals surface area contributed by atoms with E-state index in [1.807, 2.05) is 0 Å². The number of nitrogens with zero attached hydrogens (tertiary/aromatic N) is 1. The Balaban J connectivity index is 2.48. The van der Waals surface area contributed by atoms with Crippen LogP contribution >= 0.6 is 15.9 Å². The highest BCUT2D eigenvalue weighted by atomic mass is 79.9. The first kappa shape index (κ1) is 13.1. The van der Waals surface area contributed by atoms with E-state index in [2.05, 4.69) is 15.9 Å². The molecule has 0 aromatic heterocycles. The van der Waals surface area contributed by atoms with Crippen molar-refractivity contribution in [2.75, 3.05) is 4.90 Å². The van der Waals surface area contributed by atoms with Gasteiger partial charge in [0.1, 0.15) is 11.6 Å². The van der Waals surface area contributed by atoms with Crippen molar-refractivity contribution >= 4 is 33.4 Å². The molecule has 0 bridgehead atoms. The van der Waals surface area contributed by atoms with Gasteiger partial charge >= 0.3 is 0 Å². The summed E-state index contributed by atoms with van der Waals surface area (Å²) in [6, 6.07) is 1.77. The maximum absolute atomic E-state index is 13.8. The first-order valence-corrected chi connectivity index (χ1v) is 6.30. The highest BCUT2D eigenvalue weighted by Crippen LogP contribution is 2.29. The second-order valence-corrected chi connectivity index (χ2v) is 4.90. The molecular formula is C12H10BrF2NO2. The van der Waals surface area contributed by atoms with Crippen molar-refractivity contribution in [3.63, 3.8) is 0 Å². The van der Waals surface area contributed by atoms with E-state index in [-0.39, 0.29) is 23.0 Å². The van der Waals surface area contributed by atoms with Crippen molar-refractivity contribution in [1.82, 2.24) is 0 Å². The lowest BCUT2D eigenvalue weighted by molar-refractivity contribution is -0.125. The second-order valence-electron chi connectivity index (χ2n) is 4.05. The molecule has 1 aliphatic rings. The van der Waals surface area contributed by atoms with Crippen molar-refractivity contribution in [3.05, 3.63) is 28.2 Å². The predicted octanol–water partition coefficient (Wildman–Crippen LogP) is 3.16. The van der Waals surface area contributed by atoms with E-state index in [9.17, 15) is 18.4 Å². The summed E-state index contributed by atoms with van der Waals surface area (Å²) in [7, 11) is 0. The van der Waals surface area contributed by atoms with E-state index >= 15 is 0 Å². The Morgan fingerprint density at radius 3 is 2.11 bits per heavy atom. The number of benzene rings is 1. The molecule has 1 aromatic carbocycles. The van der Waals surface area contributed by atoms with Crippen molar-refractivity contribution in [1.29, 1.82) is 0 Å². The molecule has 1 fully saturated rings. The van der Waals surface area contributed by atoms with Crippen molar-refractivity contribution in [2.24, 2.45) is 0 Å². The smallest absolute Gasteiger partial charge is 0.233 e. The molecule has 0 spiro atoms. The van der Waals surface area contributed by atoms with Crippen molar-refractivity contribution in [3.8, 4) is 0 Å². The van der Waals surface area contributed by atoms with Crippen LogP contribution in [0.5, 0.6) is 0 Å². The lowest BCUT2D eigenvalue weighted by Crippen LogP contribution is -2.35. The number of halogens is 3. The molecule has 0 saturated carbocycles. The number of carbonyl (C=O) groups excluding carboxylic acids is 2. The fraction of sp³-hybridized carbons (Fsp3) is 0.333. The van der Waals surface area contributed by atoms with Gasteiger partial charge in [-0.1, -0.05) is 0 Å². The summed E-state index contributed by atoms with van der Waals surface area (Å²) in [5, 5.41) is 0. The monoisotopic (exact) mass is 317 g/mol. The number of amides is 2. The zero-order valence-corrected chi connectivity index (χ0v) is 11.0. The summed E-state index contributed by atoms with van der Waals surface area (Å²) in [5.74, 6) is -2.49. The molecule has 1 saturated heterocycles. The molecule has 2 rings (SSSR count). The number of carbonyl (C=O) groups is 2. The predicted molar refractivity (Wildman–Crippen MR) is 65.0 cm³/mol. The summed E-state index contributed by atoms with van der Waals surface area (Å²) >= 11 is 2.85. The first-order valence-electron chi connectivity index (χ1n) is 5.51. The highest BCUT2D eigenvalue weighted by Gasteiger charge is 2.28. The van der Waals surface area contributed by atoms with Crippen LogP contribution in [0.1, 0.15) is 25.7 Å². The Bertz CT molecular complexity index is 501. The lowest BCUT2D eigenvalue weighted by atomic mass is 10.2. The van der Waals surface area contributed by atoms with Crippen LogP contribution in [0, 0.1) is 11.6 Å². The van der Waals surface area contributed by atoms with E-state index in [1.165, 1.54) is 0 Å². The number of hydrogen-bond acceptors (Lipinski definition) is 2. The Hall–Kier alpha value is -1.30. The summed E-state index contributed by atoms with van der Waals surface area (Å²) in [6.07, 6.45) is 1.51. The van der Waals surface area contributed by atoms with Gasteiger partial charge in [-0.05, 0) is 34.8 Å². The normalized spacial score (nSPS) is 16.9. The van der Waals surface area contributed by atoms with Crippen LogP contribution in [0.25, 0.3) is 0 Å². The van der Waals surface area contributed by atoms with Gasteiger partial charge in [0.05, 0.1) is 10.2 Å². The lowest BCUT2D eigenvalue weighted by Gasteiger charge is -2.19. The van der Waals surface area contributed by atoms with Crippen LogP contribution < -0.4 is 4.90 Å². The van der Waals surface area contributed by atoms with Gasteiger partial charge in [-0.15, -0.1) is 0 Å². The van der Waals surface area contributed by atoms with Crippen LogP contribution in [0.3, 0.4) is 0 Å². The summed E-state index contributed by atoms with van der Waals surface area (Å²) in [5.41, 5.74) is -0.312. The fourth-order valence-electron chi connectivity index (χ4n) is 1.87. The molecule has 1 aromatic rings. The van der Waals surface area contributed by atoms with E-state index in [0.29, 0.717) is 12.8 Å². The van der Waals surface area contributed by atoms with Crippen LogP contribution in [0.4, 0.5) is 14.5 Å². The standard InChI is InChI=1S/C12H10BrF2NO2/c13-7-5-9(15)10(6-8(7)14)16-11(17)3-1-2-4-12(16)18/h5-6H,1-4H2. The average Bonchev–Trinajstić information content (AvgIpc) is 2.46. The molecule has 3 nitrogen and oxygen atoms in total. The topological polar surface area (TPSA) is 37.4 Å². The van der Waals surface area contributed by atoms with E-state index < -0.39 is 23.4 Å². The van der Waals surface area contributed by atoms with Crippen LogP contribution in [0.2, 0.25) is 0 Å². The van der Waals surface area contributed by atoms with Crippen molar-refractivity contribution < 1.29 is 18.4 Å². The van der Waals surface area contributed by atoms with E-state index in [1.54, 1.807) is 0 Å². The number of hydrogen-bond donors (Lipinski definition) is 0. The molecule has 96 valence electrons. The molecule has 6 heteroatoms. The maximum atomic E-state index is 13.8. The van der Waals surface area contributed by atoms with Gasteiger partial charge in [0, 0.05) is 18.9 Å². The molecule has 0 unspecified atom stereocenters. The average molecular weight is 318 g/mol. The zero-order valence-electron chi connectivity index (χ0n) is 9.38. The Morgan fingerprint density at radius 1 is 1.00 bits per heavy atom. The molecule has 2 amide bonds. The number of imide groups is 1. The molecule has 18 heavy (non-hydrogen) atoms. The Kier molecular flexibility index (Phi) is 3.75. The molecule has 0 aliphatic carbocycles. The maximum Gasteiger partial charge on any atom is 0.233 e. The third-order valence-electron chi connectivity index (χ3n) is 2.76. The molecule has 0 radical (unpaired) electrons. The van der Waals surface area contributed by atoms with Gasteiger partial charge in [-0.2, -0.15) is 0 Å². The van der Waals surface area contributed by atoms with Crippen LogP contribution in [-0.4, -0.2) is 11.8 Å². The van der Waals surface area contributed by atoms with Crippen LogP contribution in [0.15, 0.2) is 16.6 Å². The Morgan fingerprint density at radius 2 is 1.56 bits per heavy atom. The van der Waals surface area contributed by atoms with Gasteiger partial charge in [0.25, 0.3) is 0 Å². The first-order chi connectivity index (χ1) is 8.50. The molecule has 0 N–H and O–H groups in total. The quantitative estimate of drug-likeness (QED) is 0.589. The third kappa shape index (κ3) is 2.43. The van der Waals surface area contributed by atoms with Crippen molar-refractivity contribution in [2.45, 2.75) is 25.7 Å². The van der Waals surface area contributed by atoms with Gasteiger partial charge < -0.3 is 0 Å². The summed E-state index contributed by atoms with van der Waals surface area (Å²) in [4.78, 5) is 24.3. The molecule has 0 atom stereocenters. The van der Waals surface area contributed by atoms with Gasteiger partial charge in [0.2, 0.25) is 11.8 Å². The number of rotatable bonds is 1. The molecule has 1 aliphatic heterocycles. The van der Waals surface area contributed by atoms with Gasteiger partial charge in [-0.25, -0.2) is 13.7 Å².